The fourth-order valence-electron chi connectivity index (χ4n) is 0.635. The van der Waals surface area contributed by atoms with Crippen LogP contribution in [0.5, 0.6) is 0 Å². The molecule has 2 heteroatoms. The second-order valence-corrected chi connectivity index (χ2v) is 2.70. The molecule has 0 aliphatic rings. The first-order valence-corrected chi connectivity index (χ1v) is 3.97. The van der Waals surface area contributed by atoms with Gasteiger partial charge in [-0.3, -0.25) is 0 Å². The van der Waals surface area contributed by atoms with Gasteiger partial charge in [0.15, 0.2) is 0 Å². The van der Waals surface area contributed by atoms with Crippen LogP contribution in [0, 0.1) is 0 Å². The van der Waals surface area contributed by atoms with Crippen molar-refractivity contribution >= 4 is 15.9 Å². The summed E-state index contributed by atoms with van der Waals surface area (Å²) in [6.07, 6.45) is 0. The highest BCUT2D eigenvalue weighted by Gasteiger charge is 1.88. The molecule has 0 amide bonds. The van der Waals surface area contributed by atoms with Gasteiger partial charge in [-0.2, -0.15) is 0 Å². The van der Waals surface area contributed by atoms with Crippen LogP contribution in [-0.2, 0) is 6.61 Å². The Labute approximate surface area is 75.5 Å². The maximum absolute atomic E-state index is 8.64. The average Bonchev–Trinajstić information content (AvgIpc) is 2.08. The minimum absolute atomic E-state index is 0.111. The van der Waals surface area contributed by atoms with Gasteiger partial charge in [0.25, 0.3) is 0 Å². The smallest absolute Gasteiger partial charge is 0.0682 e. The zero-order chi connectivity index (χ0) is 8.69. The predicted molar refractivity (Wildman–Crippen MR) is 51.3 cm³/mol. The van der Waals surface area contributed by atoms with Gasteiger partial charge in [-0.1, -0.05) is 28.1 Å². The third-order valence-electron chi connectivity index (χ3n) is 1.07. The molecule has 0 saturated carbocycles. The van der Waals surface area contributed by atoms with Crippen molar-refractivity contribution in [3.63, 3.8) is 0 Å². The minimum atomic E-state index is 0.111. The summed E-state index contributed by atoms with van der Waals surface area (Å²) >= 11 is 3.29. The number of aliphatic hydroxyl groups is 1. The maximum Gasteiger partial charge on any atom is 0.0682 e. The summed E-state index contributed by atoms with van der Waals surface area (Å²) < 4.78 is 1.01. The number of hydrogen-bond acceptors (Lipinski definition) is 1. The lowest BCUT2D eigenvalue weighted by Gasteiger charge is -1.93. The first-order chi connectivity index (χ1) is 5.33. The van der Waals surface area contributed by atoms with E-state index in [4.69, 9.17) is 5.11 Å². The summed E-state index contributed by atoms with van der Waals surface area (Å²) in [5.41, 5.74) is 0.935. The highest BCUT2D eigenvalue weighted by Crippen LogP contribution is 2.10. The number of rotatable bonds is 1. The third kappa shape index (κ3) is 3.96. The zero-order valence-corrected chi connectivity index (χ0v) is 7.84. The van der Waals surface area contributed by atoms with Crippen molar-refractivity contribution in [2.45, 2.75) is 6.61 Å². The third-order valence-corrected chi connectivity index (χ3v) is 1.56. The van der Waals surface area contributed by atoms with E-state index in [9.17, 15) is 0 Å². The molecule has 1 aromatic carbocycles. The van der Waals surface area contributed by atoms with Crippen LogP contribution in [0.3, 0.4) is 0 Å². The Morgan fingerprint density at radius 1 is 1.36 bits per heavy atom. The number of aliphatic hydroxyl groups excluding tert-OH is 1. The molecule has 0 atom stereocenters. The van der Waals surface area contributed by atoms with Crippen molar-refractivity contribution in [1.29, 1.82) is 0 Å². The molecular weight excluding hydrogens is 204 g/mol. The molecule has 0 radical (unpaired) electrons. The second-order valence-electron chi connectivity index (χ2n) is 1.79. The lowest BCUT2D eigenvalue weighted by molar-refractivity contribution is 0.282. The van der Waals surface area contributed by atoms with E-state index in [0.717, 1.165) is 10.0 Å². The molecule has 11 heavy (non-hydrogen) atoms. The van der Waals surface area contributed by atoms with E-state index in [1.807, 2.05) is 24.3 Å². The molecule has 0 aliphatic heterocycles. The summed E-state index contributed by atoms with van der Waals surface area (Å²) in [6, 6.07) is 7.60. The Kier molecular flexibility index (Phi) is 5.80. The Balaban J connectivity index is 0.000000461. The van der Waals surface area contributed by atoms with Crippen molar-refractivity contribution in [2.24, 2.45) is 0 Å². The fourth-order valence-corrected chi connectivity index (χ4v) is 1.08. The largest absolute Gasteiger partial charge is 0.392 e. The first kappa shape index (κ1) is 10.4. The molecule has 0 saturated heterocycles. The zero-order valence-electron chi connectivity index (χ0n) is 6.26. The van der Waals surface area contributed by atoms with E-state index >= 15 is 0 Å². The van der Waals surface area contributed by atoms with Gasteiger partial charge in [0, 0.05) is 4.47 Å². The molecular formula is C9H11BrO. The minimum Gasteiger partial charge on any atom is -0.392 e. The van der Waals surface area contributed by atoms with Crippen molar-refractivity contribution in [2.75, 3.05) is 0 Å². The Morgan fingerprint density at radius 2 is 2.00 bits per heavy atom. The highest BCUT2D eigenvalue weighted by molar-refractivity contribution is 9.10. The van der Waals surface area contributed by atoms with Gasteiger partial charge in [0.2, 0.25) is 0 Å². The van der Waals surface area contributed by atoms with Gasteiger partial charge in [-0.15, -0.1) is 13.2 Å². The summed E-state index contributed by atoms with van der Waals surface area (Å²) in [4.78, 5) is 0. The normalized spacial score (nSPS) is 8.18. The molecule has 0 aromatic heterocycles. The molecule has 0 bridgehead atoms. The quantitative estimate of drug-likeness (QED) is 0.714. The summed E-state index contributed by atoms with van der Waals surface area (Å²) in [5, 5.41) is 8.64. The van der Waals surface area contributed by atoms with Gasteiger partial charge in [0.1, 0.15) is 0 Å². The van der Waals surface area contributed by atoms with Crippen LogP contribution < -0.4 is 0 Å². The van der Waals surface area contributed by atoms with Crippen LogP contribution in [0.4, 0.5) is 0 Å². The Bertz CT molecular complexity index is 210. The van der Waals surface area contributed by atoms with E-state index in [2.05, 4.69) is 29.1 Å². The van der Waals surface area contributed by atoms with E-state index in [-0.39, 0.29) is 6.61 Å². The van der Waals surface area contributed by atoms with Gasteiger partial charge < -0.3 is 5.11 Å². The van der Waals surface area contributed by atoms with Crippen molar-refractivity contribution in [3.8, 4) is 0 Å². The Morgan fingerprint density at radius 3 is 2.36 bits per heavy atom. The van der Waals surface area contributed by atoms with E-state index in [1.54, 1.807) is 0 Å². The molecule has 0 spiro atoms. The standard InChI is InChI=1S/C7H7BrO.C2H4/c8-7-3-1-2-6(4-7)5-9;1-2/h1-4,9H,5H2;1-2H2. The van der Waals surface area contributed by atoms with E-state index < -0.39 is 0 Å². The second kappa shape index (κ2) is 6.13. The van der Waals surface area contributed by atoms with Crippen molar-refractivity contribution < 1.29 is 5.11 Å². The van der Waals surface area contributed by atoms with E-state index in [0.29, 0.717) is 0 Å². The summed E-state index contributed by atoms with van der Waals surface area (Å²) in [7, 11) is 0. The van der Waals surface area contributed by atoms with E-state index in [1.165, 1.54) is 0 Å². The molecule has 1 N–H and O–H groups in total. The number of halogens is 1. The lowest BCUT2D eigenvalue weighted by Crippen LogP contribution is -1.79. The van der Waals surface area contributed by atoms with Crippen LogP contribution in [0.25, 0.3) is 0 Å². The van der Waals surface area contributed by atoms with Gasteiger partial charge >= 0.3 is 0 Å². The molecule has 60 valence electrons. The van der Waals surface area contributed by atoms with Crippen LogP contribution in [0.2, 0.25) is 0 Å². The molecule has 0 heterocycles. The fraction of sp³-hybridized carbons (Fsp3) is 0.111. The van der Waals surface area contributed by atoms with Gasteiger partial charge in [0.05, 0.1) is 6.61 Å². The van der Waals surface area contributed by atoms with Gasteiger partial charge in [-0.05, 0) is 17.7 Å². The highest BCUT2D eigenvalue weighted by atomic mass is 79.9. The number of benzene rings is 1. The monoisotopic (exact) mass is 214 g/mol. The average molecular weight is 215 g/mol. The summed E-state index contributed by atoms with van der Waals surface area (Å²) in [6.45, 7) is 6.11. The molecule has 0 unspecified atom stereocenters. The molecule has 1 aromatic rings. The molecule has 1 rings (SSSR count). The first-order valence-electron chi connectivity index (χ1n) is 3.18. The maximum atomic E-state index is 8.64. The van der Waals surface area contributed by atoms with Crippen molar-refractivity contribution in [3.05, 3.63) is 47.5 Å². The SMILES string of the molecule is C=C.OCc1cccc(Br)c1. The summed E-state index contributed by atoms with van der Waals surface area (Å²) in [5.74, 6) is 0. The number of hydrogen-bond donors (Lipinski definition) is 1. The molecule has 0 aliphatic carbocycles. The van der Waals surface area contributed by atoms with Gasteiger partial charge in [-0.25, -0.2) is 0 Å². The van der Waals surface area contributed by atoms with Crippen LogP contribution in [0.1, 0.15) is 5.56 Å². The molecule has 0 fully saturated rings. The predicted octanol–water partition coefficient (Wildman–Crippen LogP) is 2.74. The van der Waals surface area contributed by atoms with Crippen LogP contribution >= 0.6 is 15.9 Å². The van der Waals surface area contributed by atoms with Crippen LogP contribution in [0.15, 0.2) is 41.9 Å². The molecule has 1 nitrogen and oxygen atoms in total. The van der Waals surface area contributed by atoms with Crippen LogP contribution in [-0.4, -0.2) is 5.11 Å². The van der Waals surface area contributed by atoms with Crippen molar-refractivity contribution in [1.82, 2.24) is 0 Å². The topological polar surface area (TPSA) is 20.2 Å². The Hall–Kier alpha value is -0.600. The lowest BCUT2D eigenvalue weighted by atomic mass is 10.2.